The number of terminal acetylenes is 1. The van der Waals surface area contributed by atoms with Crippen molar-refractivity contribution in [3.8, 4) is 12.3 Å². The third-order valence-corrected chi connectivity index (χ3v) is 1.37. The van der Waals surface area contributed by atoms with Crippen LogP contribution in [0, 0.1) is 12.3 Å². The monoisotopic (exact) mass is 176 g/mol. The average Bonchev–Trinajstić information content (AvgIpc) is 2.20. The highest BCUT2D eigenvalue weighted by Gasteiger charge is 1.79. The van der Waals surface area contributed by atoms with E-state index in [1.807, 2.05) is 6.07 Å². The van der Waals surface area contributed by atoms with Gasteiger partial charge >= 0.3 is 5.97 Å². The molecular formula is C11H12O2. The molecule has 2 nitrogen and oxygen atoms in total. The summed E-state index contributed by atoms with van der Waals surface area (Å²) in [7, 11) is 0. The number of carbonyl (C=O) groups is 1. The molecule has 0 fully saturated rings. The molecule has 1 rings (SSSR count). The first kappa shape index (κ1) is 11.2. The zero-order valence-electron chi connectivity index (χ0n) is 7.53. The van der Waals surface area contributed by atoms with Gasteiger partial charge in [0.25, 0.3) is 0 Å². The largest absolute Gasteiger partial charge is 0.472 e. The molecule has 0 aliphatic heterocycles. The number of aryl methyl sites for hydroxylation is 1. The van der Waals surface area contributed by atoms with Crippen LogP contribution < -0.4 is 0 Å². The summed E-state index contributed by atoms with van der Waals surface area (Å²) in [6, 6.07) is 10.5. The maximum absolute atomic E-state index is 9.13. The van der Waals surface area contributed by atoms with Gasteiger partial charge in [-0.05, 0) is 12.0 Å². The van der Waals surface area contributed by atoms with Gasteiger partial charge in [0.15, 0.2) is 0 Å². The van der Waals surface area contributed by atoms with Crippen LogP contribution in [0.25, 0.3) is 0 Å². The summed E-state index contributed by atoms with van der Waals surface area (Å²) in [5.74, 6) is 0.227. The smallest absolute Gasteiger partial charge is 0.381 e. The van der Waals surface area contributed by atoms with Crippen molar-refractivity contribution in [2.24, 2.45) is 0 Å². The van der Waals surface area contributed by atoms with E-state index in [4.69, 9.17) is 9.90 Å². The Bertz CT molecular complexity index is 283. The number of carboxylic acid groups (broad SMARTS) is 1. The summed E-state index contributed by atoms with van der Waals surface area (Å²) in [6.07, 6.45) is 5.46. The minimum Gasteiger partial charge on any atom is -0.472 e. The molecule has 2 heteroatoms. The van der Waals surface area contributed by atoms with Crippen molar-refractivity contribution in [3.63, 3.8) is 0 Å². The van der Waals surface area contributed by atoms with Crippen LogP contribution in [0.2, 0.25) is 0 Å². The molecule has 0 saturated carbocycles. The normalized spacial score (nSPS) is 7.69. The molecule has 0 saturated heterocycles. The molecule has 1 aromatic rings. The van der Waals surface area contributed by atoms with Crippen LogP contribution >= 0.6 is 0 Å². The first-order valence-corrected chi connectivity index (χ1v) is 3.94. The third-order valence-electron chi connectivity index (χ3n) is 1.37. The van der Waals surface area contributed by atoms with Gasteiger partial charge in [-0.2, -0.15) is 0 Å². The number of benzene rings is 1. The van der Waals surface area contributed by atoms with Crippen LogP contribution in [0.3, 0.4) is 0 Å². The zero-order valence-corrected chi connectivity index (χ0v) is 7.53. The van der Waals surface area contributed by atoms with Gasteiger partial charge in [-0.3, -0.25) is 0 Å². The highest BCUT2D eigenvalue weighted by molar-refractivity contribution is 5.85. The lowest BCUT2D eigenvalue weighted by molar-refractivity contribution is -0.130. The Kier molecular flexibility index (Phi) is 6.00. The van der Waals surface area contributed by atoms with Crippen molar-refractivity contribution in [1.29, 1.82) is 0 Å². The molecule has 0 atom stereocenters. The SMILES string of the molecule is C#CC(=O)O.CCc1ccccc1. The summed E-state index contributed by atoms with van der Waals surface area (Å²) in [4.78, 5) is 9.13. The van der Waals surface area contributed by atoms with E-state index < -0.39 is 5.97 Å². The van der Waals surface area contributed by atoms with Gasteiger partial charge in [0.2, 0.25) is 0 Å². The second-order valence-corrected chi connectivity index (χ2v) is 2.29. The van der Waals surface area contributed by atoms with E-state index in [-0.39, 0.29) is 0 Å². The molecule has 0 unspecified atom stereocenters. The van der Waals surface area contributed by atoms with Crippen LogP contribution in [-0.4, -0.2) is 11.1 Å². The minimum absolute atomic E-state index is 1.14. The lowest BCUT2D eigenvalue weighted by atomic mass is 10.2. The molecule has 0 aliphatic rings. The van der Waals surface area contributed by atoms with Gasteiger partial charge in [0.1, 0.15) is 0 Å². The third kappa shape index (κ3) is 6.64. The number of hydrogen-bond donors (Lipinski definition) is 1. The molecule has 0 spiro atoms. The zero-order chi connectivity index (χ0) is 10.1. The van der Waals surface area contributed by atoms with Gasteiger partial charge in [-0.25, -0.2) is 4.79 Å². The molecule has 0 heterocycles. The summed E-state index contributed by atoms with van der Waals surface area (Å²) >= 11 is 0. The molecular weight excluding hydrogens is 164 g/mol. The summed E-state index contributed by atoms with van der Waals surface area (Å²) in [6.45, 7) is 2.16. The Labute approximate surface area is 78.2 Å². The standard InChI is InChI=1S/C8H10.C3H2O2/c1-2-8-6-4-3-5-7-8;1-2-3(4)5/h3-7H,2H2,1H3;1H,(H,4,5). The summed E-state index contributed by atoms with van der Waals surface area (Å²) in [5, 5.41) is 7.49. The average molecular weight is 176 g/mol. The van der Waals surface area contributed by atoms with Crippen molar-refractivity contribution in [3.05, 3.63) is 35.9 Å². The maximum atomic E-state index is 9.13. The first-order valence-electron chi connectivity index (χ1n) is 3.94. The number of rotatable bonds is 1. The molecule has 13 heavy (non-hydrogen) atoms. The fourth-order valence-electron chi connectivity index (χ4n) is 0.714. The second kappa shape index (κ2) is 6.93. The van der Waals surface area contributed by atoms with Crippen LogP contribution in [-0.2, 0) is 11.2 Å². The Morgan fingerprint density at radius 1 is 1.46 bits per heavy atom. The lowest BCUT2D eigenvalue weighted by Crippen LogP contribution is -1.83. The maximum Gasteiger partial charge on any atom is 0.381 e. The molecule has 0 amide bonds. The van der Waals surface area contributed by atoms with E-state index in [1.165, 1.54) is 11.5 Å². The molecule has 1 aromatic carbocycles. The van der Waals surface area contributed by atoms with E-state index in [9.17, 15) is 0 Å². The predicted molar refractivity (Wildman–Crippen MR) is 52.3 cm³/mol. The van der Waals surface area contributed by atoms with E-state index in [1.54, 1.807) is 0 Å². The highest BCUT2D eigenvalue weighted by atomic mass is 16.4. The Hall–Kier alpha value is -1.75. The molecule has 1 N–H and O–H groups in total. The van der Waals surface area contributed by atoms with Gasteiger partial charge in [-0.1, -0.05) is 37.3 Å². The lowest BCUT2D eigenvalue weighted by Gasteiger charge is -1.89. The van der Waals surface area contributed by atoms with Crippen molar-refractivity contribution < 1.29 is 9.90 Å². The topological polar surface area (TPSA) is 37.3 Å². The van der Waals surface area contributed by atoms with Crippen molar-refractivity contribution in [2.75, 3.05) is 0 Å². The van der Waals surface area contributed by atoms with Gasteiger partial charge in [0.05, 0.1) is 0 Å². The molecule has 0 aromatic heterocycles. The fraction of sp³-hybridized carbons (Fsp3) is 0.182. The van der Waals surface area contributed by atoms with Crippen molar-refractivity contribution in [2.45, 2.75) is 13.3 Å². The van der Waals surface area contributed by atoms with Crippen molar-refractivity contribution in [1.82, 2.24) is 0 Å². The summed E-state index contributed by atoms with van der Waals surface area (Å²) < 4.78 is 0. The fourth-order valence-corrected chi connectivity index (χ4v) is 0.714. The van der Waals surface area contributed by atoms with Gasteiger partial charge in [-0.15, -0.1) is 6.42 Å². The molecule has 68 valence electrons. The second-order valence-electron chi connectivity index (χ2n) is 2.29. The van der Waals surface area contributed by atoms with Crippen LogP contribution in [0.4, 0.5) is 0 Å². The van der Waals surface area contributed by atoms with Crippen LogP contribution in [0.5, 0.6) is 0 Å². The Morgan fingerprint density at radius 2 is 1.92 bits per heavy atom. The first-order chi connectivity index (χ1) is 6.20. The number of hydrogen-bond acceptors (Lipinski definition) is 1. The predicted octanol–water partition coefficient (Wildman–Crippen LogP) is 1.95. The van der Waals surface area contributed by atoms with Crippen molar-refractivity contribution >= 4 is 5.97 Å². The van der Waals surface area contributed by atoms with E-state index >= 15 is 0 Å². The minimum atomic E-state index is -1.22. The van der Waals surface area contributed by atoms with Gasteiger partial charge < -0.3 is 5.11 Å². The number of carboxylic acids is 1. The van der Waals surface area contributed by atoms with E-state index in [0.717, 1.165) is 6.42 Å². The number of aliphatic carboxylic acids is 1. The van der Waals surface area contributed by atoms with E-state index in [2.05, 4.69) is 37.6 Å². The Balaban J connectivity index is 0.000000252. The molecule has 0 bridgehead atoms. The Morgan fingerprint density at radius 3 is 2.15 bits per heavy atom. The molecule has 0 radical (unpaired) electrons. The quantitative estimate of drug-likeness (QED) is 0.664. The highest BCUT2D eigenvalue weighted by Crippen LogP contribution is 1.96. The molecule has 0 aliphatic carbocycles. The van der Waals surface area contributed by atoms with E-state index in [0.29, 0.717) is 0 Å². The van der Waals surface area contributed by atoms with Gasteiger partial charge in [0, 0.05) is 5.92 Å². The van der Waals surface area contributed by atoms with Crippen LogP contribution in [0.1, 0.15) is 12.5 Å². The van der Waals surface area contributed by atoms with Crippen LogP contribution in [0.15, 0.2) is 30.3 Å². The summed E-state index contributed by atoms with van der Waals surface area (Å²) in [5.41, 5.74) is 1.41.